The van der Waals surface area contributed by atoms with Crippen molar-refractivity contribution in [3.05, 3.63) is 47.7 Å². The summed E-state index contributed by atoms with van der Waals surface area (Å²) in [6.07, 6.45) is 4.54. The Kier molecular flexibility index (Phi) is 7.08. The number of carbonyl (C=O) groups is 1. The van der Waals surface area contributed by atoms with Gasteiger partial charge in [-0.25, -0.2) is 18.0 Å². The van der Waals surface area contributed by atoms with Crippen molar-refractivity contribution in [1.29, 1.82) is 0 Å². The number of fused-ring (bicyclic) bond motifs is 3. The molecule has 1 unspecified atom stereocenters. The number of aromatic hydroxyl groups is 1. The molecule has 0 saturated carbocycles. The molecule has 2 amide bonds. The van der Waals surface area contributed by atoms with Crippen molar-refractivity contribution in [2.24, 2.45) is 0 Å². The Morgan fingerprint density at radius 3 is 2.81 bits per heavy atom. The molecule has 246 valence electrons. The number of nitrogens with one attached hydrogen (secondary N) is 2. The van der Waals surface area contributed by atoms with E-state index in [1.54, 1.807) is 6.07 Å². The molecule has 4 aliphatic rings. The molecule has 0 aliphatic carbocycles. The standard InChI is InChI=1S/C34H36F3N7O3/c1-2-22-25(36)6-5-19-11-21(45)12-23(26(19)22)28-27(37)29-24(14-38-28)30(43-9-3-7-33(17-43)16-39-31(46)42-33)41-32(40-29)47-18-34-8-4-10-44(34)15-20(35)13-34/h5-6,11-12,14,20,45H,2-4,7-10,13,15-18H2,1H3,(H2,39,42,46)/t20-,33-,34?/m1/s1. The van der Waals surface area contributed by atoms with E-state index in [1.165, 1.54) is 24.4 Å². The van der Waals surface area contributed by atoms with Crippen LogP contribution in [0.3, 0.4) is 0 Å². The van der Waals surface area contributed by atoms with Gasteiger partial charge in [0, 0.05) is 44.4 Å². The fraction of sp³-hybridized carbons (Fsp3) is 0.471. The highest BCUT2D eigenvalue weighted by Crippen LogP contribution is 2.42. The van der Waals surface area contributed by atoms with E-state index in [-0.39, 0.29) is 41.2 Å². The lowest BCUT2D eigenvalue weighted by atomic mass is 9.90. The minimum absolute atomic E-state index is 0.0373. The van der Waals surface area contributed by atoms with Crippen LogP contribution < -0.4 is 20.3 Å². The smallest absolute Gasteiger partial charge is 0.319 e. The molecular weight excluding hydrogens is 611 g/mol. The first kappa shape index (κ1) is 30.0. The Morgan fingerprint density at radius 1 is 1.15 bits per heavy atom. The molecule has 4 saturated heterocycles. The Morgan fingerprint density at radius 2 is 2.00 bits per heavy atom. The Bertz CT molecular complexity index is 1930. The monoisotopic (exact) mass is 647 g/mol. The maximum atomic E-state index is 16.9. The van der Waals surface area contributed by atoms with E-state index in [1.807, 2.05) is 11.8 Å². The number of aryl methyl sites for hydroxylation is 1. The summed E-state index contributed by atoms with van der Waals surface area (Å²) in [6.45, 7) is 4.63. The first-order chi connectivity index (χ1) is 22.7. The number of rotatable bonds is 6. The molecule has 8 rings (SSSR count). The Hall–Kier alpha value is -4.39. The Balaban J connectivity index is 1.27. The van der Waals surface area contributed by atoms with Crippen molar-refractivity contribution in [1.82, 2.24) is 30.5 Å². The van der Waals surface area contributed by atoms with Crippen molar-refractivity contribution in [3.63, 3.8) is 0 Å². The number of aromatic nitrogens is 3. The SMILES string of the molecule is CCc1c(F)ccc2cc(O)cc(-c3ncc4c(N5CCC[C@@]6(CNC(=O)N6)C5)nc(OCC56CCCN5C[C@H](F)C6)nc4c3F)c12. The maximum absolute atomic E-state index is 16.9. The van der Waals surface area contributed by atoms with Gasteiger partial charge in [0.25, 0.3) is 0 Å². The molecule has 3 atom stereocenters. The van der Waals surface area contributed by atoms with Crippen LogP contribution in [-0.2, 0) is 6.42 Å². The molecule has 0 bridgehead atoms. The van der Waals surface area contributed by atoms with Gasteiger partial charge in [0.2, 0.25) is 0 Å². The predicted octanol–water partition coefficient (Wildman–Crippen LogP) is 5.00. The van der Waals surface area contributed by atoms with Crippen LogP contribution in [0.5, 0.6) is 11.8 Å². The number of piperidine rings is 1. The highest BCUT2D eigenvalue weighted by molar-refractivity contribution is 6.01. The zero-order valence-electron chi connectivity index (χ0n) is 26.1. The number of phenolic OH excluding ortho intramolecular Hbond substituents is 1. The number of ether oxygens (including phenoxy) is 1. The average molecular weight is 648 g/mol. The van der Waals surface area contributed by atoms with Crippen LogP contribution in [0, 0.1) is 11.6 Å². The fourth-order valence-electron chi connectivity index (χ4n) is 8.33. The van der Waals surface area contributed by atoms with E-state index in [0.717, 1.165) is 32.2 Å². The molecule has 47 heavy (non-hydrogen) atoms. The summed E-state index contributed by atoms with van der Waals surface area (Å²) in [6, 6.07) is 5.53. The minimum Gasteiger partial charge on any atom is -0.508 e. The quantitative estimate of drug-likeness (QED) is 0.268. The second-order valence-electron chi connectivity index (χ2n) is 13.5. The summed E-state index contributed by atoms with van der Waals surface area (Å²) in [5, 5.41) is 17.9. The predicted molar refractivity (Wildman–Crippen MR) is 170 cm³/mol. The van der Waals surface area contributed by atoms with Crippen molar-refractivity contribution in [2.75, 3.05) is 44.2 Å². The van der Waals surface area contributed by atoms with Gasteiger partial charge >= 0.3 is 12.0 Å². The van der Waals surface area contributed by atoms with Crippen LogP contribution >= 0.6 is 0 Å². The molecule has 0 radical (unpaired) electrons. The second kappa shape index (κ2) is 11.1. The van der Waals surface area contributed by atoms with Crippen LogP contribution in [0.2, 0.25) is 0 Å². The number of pyridine rings is 1. The molecule has 10 nitrogen and oxygen atoms in total. The van der Waals surface area contributed by atoms with E-state index in [0.29, 0.717) is 66.6 Å². The first-order valence-electron chi connectivity index (χ1n) is 16.3. The zero-order chi connectivity index (χ0) is 32.5. The number of hydrogen-bond donors (Lipinski definition) is 3. The van der Waals surface area contributed by atoms with E-state index >= 15 is 4.39 Å². The van der Waals surface area contributed by atoms with Gasteiger partial charge in [-0.3, -0.25) is 9.88 Å². The van der Waals surface area contributed by atoms with Gasteiger partial charge in [-0.1, -0.05) is 13.0 Å². The fourth-order valence-corrected chi connectivity index (χ4v) is 8.33. The summed E-state index contributed by atoms with van der Waals surface area (Å²) in [5.41, 5.74) is -0.464. The number of urea groups is 1. The summed E-state index contributed by atoms with van der Waals surface area (Å²) >= 11 is 0. The van der Waals surface area contributed by atoms with Gasteiger partial charge in [0.15, 0.2) is 5.82 Å². The van der Waals surface area contributed by atoms with E-state index in [4.69, 9.17) is 9.72 Å². The van der Waals surface area contributed by atoms with Crippen molar-refractivity contribution in [3.8, 4) is 23.0 Å². The number of hydrogen-bond acceptors (Lipinski definition) is 8. The molecule has 3 N–H and O–H groups in total. The molecule has 4 aromatic rings. The largest absolute Gasteiger partial charge is 0.508 e. The van der Waals surface area contributed by atoms with Crippen molar-refractivity contribution >= 4 is 33.5 Å². The number of anilines is 1. The number of carbonyl (C=O) groups excluding carboxylic acids is 1. The summed E-state index contributed by atoms with van der Waals surface area (Å²) in [4.78, 5) is 30.1. The number of benzene rings is 2. The normalized spacial score (nSPS) is 25.9. The Labute approximate surface area is 269 Å². The van der Waals surface area contributed by atoms with Crippen molar-refractivity contribution < 1.29 is 27.8 Å². The third kappa shape index (κ3) is 4.97. The van der Waals surface area contributed by atoms with Crippen LogP contribution in [0.15, 0.2) is 30.5 Å². The first-order valence-corrected chi connectivity index (χ1v) is 16.3. The van der Waals surface area contributed by atoms with Gasteiger partial charge in [-0.2, -0.15) is 9.97 Å². The molecule has 1 spiro atoms. The summed E-state index contributed by atoms with van der Waals surface area (Å²) < 4.78 is 52.6. The average Bonchev–Trinajstić information content (AvgIpc) is 3.71. The molecule has 4 fully saturated rings. The molecule has 2 aromatic carbocycles. The van der Waals surface area contributed by atoms with E-state index < -0.39 is 28.9 Å². The lowest BCUT2D eigenvalue weighted by Crippen LogP contribution is -2.56. The number of nitrogens with zero attached hydrogens (tertiary/aromatic N) is 5. The second-order valence-corrected chi connectivity index (χ2v) is 13.5. The van der Waals surface area contributed by atoms with Crippen LogP contribution in [-0.4, -0.2) is 87.6 Å². The number of alkyl halides is 1. The third-order valence-electron chi connectivity index (χ3n) is 10.5. The highest BCUT2D eigenvalue weighted by Gasteiger charge is 2.49. The topological polar surface area (TPSA) is 116 Å². The van der Waals surface area contributed by atoms with Crippen LogP contribution in [0.25, 0.3) is 32.9 Å². The van der Waals surface area contributed by atoms with Crippen LogP contribution in [0.4, 0.5) is 23.8 Å². The van der Waals surface area contributed by atoms with E-state index in [9.17, 15) is 18.7 Å². The molecule has 13 heteroatoms. The summed E-state index contributed by atoms with van der Waals surface area (Å²) in [5.74, 6) is -0.880. The molecule has 6 heterocycles. The van der Waals surface area contributed by atoms with Crippen LogP contribution in [0.1, 0.15) is 44.6 Å². The van der Waals surface area contributed by atoms with Gasteiger partial charge in [-0.05, 0) is 73.2 Å². The van der Waals surface area contributed by atoms with Crippen molar-refractivity contribution in [2.45, 2.75) is 62.7 Å². The van der Waals surface area contributed by atoms with Gasteiger partial charge < -0.3 is 25.4 Å². The molecular formula is C34H36F3N7O3. The molecule has 2 aromatic heterocycles. The molecule has 4 aliphatic heterocycles. The third-order valence-corrected chi connectivity index (χ3v) is 10.5. The highest BCUT2D eigenvalue weighted by atomic mass is 19.1. The number of halogens is 3. The number of phenols is 1. The maximum Gasteiger partial charge on any atom is 0.319 e. The van der Waals surface area contributed by atoms with Gasteiger partial charge in [0.1, 0.15) is 41.4 Å². The number of amides is 2. The van der Waals surface area contributed by atoms with Gasteiger partial charge in [0.05, 0.1) is 16.5 Å². The minimum atomic E-state index is -0.937. The van der Waals surface area contributed by atoms with Gasteiger partial charge in [-0.15, -0.1) is 0 Å². The van der Waals surface area contributed by atoms with E-state index in [2.05, 4.69) is 25.5 Å². The lowest BCUT2D eigenvalue weighted by Gasteiger charge is -2.40. The lowest BCUT2D eigenvalue weighted by molar-refractivity contribution is 0.107. The summed E-state index contributed by atoms with van der Waals surface area (Å²) in [7, 11) is 0. The zero-order valence-corrected chi connectivity index (χ0v) is 26.1.